The summed E-state index contributed by atoms with van der Waals surface area (Å²) >= 11 is 0. The van der Waals surface area contributed by atoms with Gasteiger partial charge in [0.15, 0.2) is 0 Å². The molecular formula is C19H26O2. The van der Waals surface area contributed by atoms with Gasteiger partial charge in [-0.15, -0.1) is 0 Å². The van der Waals surface area contributed by atoms with Crippen LogP contribution in [0.15, 0.2) is 18.2 Å². The molecular weight excluding hydrogens is 260 g/mol. The zero-order valence-corrected chi connectivity index (χ0v) is 12.9. The number of aliphatic hydroxyl groups is 1. The Bertz CT molecular complexity index is 673. The molecule has 3 aliphatic rings. The van der Waals surface area contributed by atoms with Crippen molar-refractivity contribution in [3.8, 4) is 5.75 Å². The van der Waals surface area contributed by atoms with Gasteiger partial charge >= 0.3 is 0 Å². The number of hydrogen-bond donors (Lipinski definition) is 1. The van der Waals surface area contributed by atoms with Gasteiger partial charge in [-0.25, -0.2) is 0 Å². The fourth-order valence-corrected chi connectivity index (χ4v) is 5.08. The van der Waals surface area contributed by atoms with Crippen LogP contribution >= 0.6 is 0 Å². The minimum absolute atomic E-state index is 0.0731. The number of benzene rings is 1. The van der Waals surface area contributed by atoms with E-state index in [1.807, 2.05) is 13.0 Å². The highest BCUT2D eigenvalue weighted by molar-refractivity contribution is 5.40. The van der Waals surface area contributed by atoms with Crippen molar-refractivity contribution < 1.29 is 14.0 Å². The first kappa shape index (κ1) is 10.7. The molecule has 2 heteroatoms. The second-order valence-corrected chi connectivity index (χ2v) is 7.17. The SMILES string of the molecule is [2H]C1([2H])C[C@@H]2[C@H]3CCc4cc(OC)ccc4[C@@H]3CC[C@@]2(C)[C@]1([2H])O. The highest BCUT2D eigenvalue weighted by atomic mass is 16.5. The van der Waals surface area contributed by atoms with Crippen LogP contribution in [0.2, 0.25) is 0 Å². The van der Waals surface area contributed by atoms with Crippen LogP contribution in [0.25, 0.3) is 0 Å². The van der Waals surface area contributed by atoms with Crippen molar-refractivity contribution in [1.29, 1.82) is 0 Å². The molecule has 1 N–H and O–H groups in total. The van der Waals surface area contributed by atoms with Crippen LogP contribution in [-0.2, 0) is 6.42 Å². The molecule has 0 saturated heterocycles. The molecule has 1 aromatic carbocycles. The quantitative estimate of drug-likeness (QED) is 0.849. The standard InChI is InChI=1S/C19H26O2/c1-19-10-9-15-14-6-4-13(21-2)11-12(14)3-5-16(15)17(19)7-8-18(19)20/h4,6,11,15-18,20H,3,5,7-10H2,1-2H3/t15-,16-,17+,18+,19+/m0/s1/i8D2,18D. The molecule has 4 rings (SSSR count). The summed E-state index contributed by atoms with van der Waals surface area (Å²) in [4.78, 5) is 0. The van der Waals surface area contributed by atoms with Gasteiger partial charge in [-0.3, -0.25) is 0 Å². The zero-order valence-electron chi connectivity index (χ0n) is 15.9. The van der Waals surface area contributed by atoms with Crippen LogP contribution < -0.4 is 4.74 Å². The number of hydrogen-bond acceptors (Lipinski definition) is 2. The number of methoxy groups -OCH3 is 1. The number of aryl methyl sites for hydroxylation is 1. The Hall–Kier alpha value is -1.02. The van der Waals surface area contributed by atoms with Crippen LogP contribution in [0.1, 0.15) is 60.1 Å². The van der Waals surface area contributed by atoms with Gasteiger partial charge in [-0.05, 0) is 84.9 Å². The van der Waals surface area contributed by atoms with Crippen molar-refractivity contribution in [3.05, 3.63) is 29.3 Å². The number of ether oxygens (including phenoxy) is 1. The van der Waals surface area contributed by atoms with Gasteiger partial charge in [-0.2, -0.15) is 0 Å². The lowest BCUT2D eigenvalue weighted by molar-refractivity contribution is -0.0226. The van der Waals surface area contributed by atoms with Crippen LogP contribution in [0.5, 0.6) is 5.75 Å². The average molecular weight is 289 g/mol. The van der Waals surface area contributed by atoms with Gasteiger partial charge in [0.2, 0.25) is 0 Å². The summed E-state index contributed by atoms with van der Waals surface area (Å²) in [6, 6.07) is 6.32. The van der Waals surface area contributed by atoms with Gasteiger partial charge in [0, 0.05) is 2.74 Å². The predicted molar refractivity (Wildman–Crippen MR) is 83.6 cm³/mol. The van der Waals surface area contributed by atoms with E-state index in [-0.39, 0.29) is 5.92 Å². The van der Waals surface area contributed by atoms with Crippen molar-refractivity contribution in [1.82, 2.24) is 0 Å². The first-order chi connectivity index (χ1) is 11.2. The summed E-state index contributed by atoms with van der Waals surface area (Å²) in [7, 11) is 1.69. The maximum Gasteiger partial charge on any atom is 0.119 e. The molecule has 0 unspecified atom stereocenters. The Morgan fingerprint density at radius 2 is 2.24 bits per heavy atom. The Morgan fingerprint density at radius 3 is 3.05 bits per heavy atom. The summed E-state index contributed by atoms with van der Waals surface area (Å²) in [5, 5.41) is 10.7. The van der Waals surface area contributed by atoms with Crippen molar-refractivity contribution >= 4 is 0 Å². The van der Waals surface area contributed by atoms with Gasteiger partial charge < -0.3 is 9.84 Å². The molecule has 3 aliphatic carbocycles. The van der Waals surface area contributed by atoms with E-state index in [2.05, 4.69) is 12.1 Å². The Morgan fingerprint density at radius 1 is 1.38 bits per heavy atom. The zero-order chi connectivity index (χ0) is 17.3. The lowest BCUT2D eigenvalue weighted by Crippen LogP contribution is -2.43. The molecule has 0 aromatic heterocycles. The third-order valence-corrected chi connectivity index (χ3v) is 6.35. The second-order valence-electron chi connectivity index (χ2n) is 7.17. The van der Waals surface area contributed by atoms with Crippen molar-refractivity contribution in [2.45, 2.75) is 57.4 Å². The summed E-state index contributed by atoms with van der Waals surface area (Å²) in [5.74, 6) is 1.75. The summed E-state index contributed by atoms with van der Waals surface area (Å²) in [5.41, 5.74) is 2.07. The molecule has 114 valence electrons. The van der Waals surface area contributed by atoms with E-state index in [1.165, 1.54) is 11.1 Å². The van der Waals surface area contributed by atoms with Gasteiger partial charge in [-0.1, -0.05) is 13.0 Å². The number of rotatable bonds is 1. The fourth-order valence-electron chi connectivity index (χ4n) is 5.08. The summed E-state index contributed by atoms with van der Waals surface area (Å²) in [6.45, 7) is 1.94. The Kier molecular flexibility index (Phi) is 2.41. The largest absolute Gasteiger partial charge is 0.497 e. The Balaban J connectivity index is 1.72. The van der Waals surface area contributed by atoms with E-state index in [1.54, 1.807) is 7.11 Å². The molecule has 0 radical (unpaired) electrons. The molecule has 2 saturated carbocycles. The number of fused-ring (bicyclic) bond motifs is 5. The van der Waals surface area contributed by atoms with Crippen LogP contribution in [0, 0.1) is 17.3 Å². The van der Waals surface area contributed by atoms with E-state index >= 15 is 0 Å². The van der Waals surface area contributed by atoms with Crippen LogP contribution in [0.4, 0.5) is 0 Å². The third-order valence-electron chi connectivity index (χ3n) is 6.35. The van der Waals surface area contributed by atoms with Crippen molar-refractivity contribution in [2.75, 3.05) is 7.11 Å². The lowest BCUT2D eigenvalue weighted by atomic mass is 9.55. The molecule has 0 spiro atoms. The summed E-state index contributed by atoms with van der Waals surface area (Å²) < 4.78 is 30.2. The van der Waals surface area contributed by atoms with Crippen LogP contribution in [-0.4, -0.2) is 18.3 Å². The highest BCUT2D eigenvalue weighted by Crippen LogP contribution is 2.60. The molecule has 0 amide bonds. The van der Waals surface area contributed by atoms with Crippen molar-refractivity contribution in [2.24, 2.45) is 17.3 Å². The second kappa shape index (κ2) is 4.74. The maximum atomic E-state index is 10.7. The molecule has 2 nitrogen and oxygen atoms in total. The van der Waals surface area contributed by atoms with E-state index in [0.717, 1.165) is 25.0 Å². The maximum absolute atomic E-state index is 10.7. The van der Waals surface area contributed by atoms with E-state index < -0.39 is 17.9 Å². The van der Waals surface area contributed by atoms with Gasteiger partial charge in [0.25, 0.3) is 0 Å². The lowest BCUT2D eigenvalue weighted by Gasteiger charge is -2.50. The minimum Gasteiger partial charge on any atom is -0.497 e. The van der Waals surface area contributed by atoms with Crippen LogP contribution in [0.3, 0.4) is 0 Å². The molecule has 0 bridgehead atoms. The van der Waals surface area contributed by atoms with Gasteiger partial charge in [0.1, 0.15) is 5.75 Å². The normalized spacial score (nSPS) is 49.1. The smallest absolute Gasteiger partial charge is 0.119 e. The molecule has 0 aliphatic heterocycles. The average Bonchev–Trinajstić information content (AvgIpc) is 2.70. The molecule has 1 aromatic rings. The van der Waals surface area contributed by atoms with E-state index in [4.69, 9.17) is 8.85 Å². The van der Waals surface area contributed by atoms with E-state index in [0.29, 0.717) is 24.7 Å². The molecule has 21 heavy (non-hydrogen) atoms. The monoisotopic (exact) mass is 289 g/mol. The third kappa shape index (κ3) is 1.88. The van der Waals surface area contributed by atoms with Crippen molar-refractivity contribution in [3.63, 3.8) is 0 Å². The molecule has 2 fully saturated rings. The molecule has 5 atom stereocenters. The highest BCUT2D eigenvalue weighted by Gasteiger charge is 2.54. The predicted octanol–water partition coefficient (Wildman–Crippen LogP) is 3.91. The topological polar surface area (TPSA) is 29.5 Å². The first-order valence-corrected chi connectivity index (χ1v) is 8.10. The fraction of sp³-hybridized carbons (Fsp3) is 0.684. The van der Waals surface area contributed by atoms with E-state index in [9.17, 15) is 5.11 Å². The Labute approximate surface area is 131 Å². The molecule has 0 heterocycles. The van der Waals surface area contributed by atoms with Gasteiger partial charge in [0.05, 0.1) is 14.6 Å². The summed E-state index contributed by atoms with van der Waals surface area (Å²) in [6.07, 6.45) is 0.0997. The minimum atomic E-state index is -1.99. The first-order valence-electron chi connectivity index (χ1n) is 9.60.